The zero-order valence-electron chi connectivity index (χ0n) is 33.7. The second-order valence-corrected chi connectivity index (χ2v) is 16.1. The summed E-state index contributed by atoms with van der Waals surface area (Å²) in [5.74, 6) is 0.679. The fourth-order valence-electron chi connectivity index (χ4n) is 9.78. The monoisotopic (exact) mass is 790 g/mol. The number of para-hydroxylation sites is 1. The Kier molecular flexibility index (Phi) is 8.39. The highest BCUT2D eigenvalue weighted by Gasteiger charge is 2.46. The summed E-state index contributed by atoms with van der Waals surface area (Å²) in [5.41, 5.74) is 18.0. The largest absolute Gasteiger partial charge is 0.456 e. The van der Waals surface area contributed by atoms with Crippen molar-refractivity contribution >= 4 is 21.9 Å². The minimum absolute atomic E-state index is 0.498. The maximum absolute atomic E-state index is 6.28. The third-order valence-corrected chi connectivity index (χ3v) is 12.6. The summed E-state index contributed by atoms with van der Waals surface area (Å²) in [6.07, 6.45) is 0. The quantitative estimate of drug-likeness (QED) is 0.161. The molecule has 3 nitrogen and oxygen atoms in total. The number of hydrogen-bond donors (Lipinski definition) is 0. The summed E-state index contributed by atoms with van der Waals surface area (Å²) in [4.78, 5) is 10.6. The van der Waals surface area contributed by atoms with Crippen LogP contribution in [0.2, 0.25) is 0 Å². The van der Waals surface area contributed by atoms with Crippen LogP contribution >= 0.6 is 0 Å². The van der Waals surface area contributed by atoms with Gasteiger partial charge in [-0.15, -0.1) is 0 Å². The van der Waals surface area contributed by atoms with E-state index in [0.717, 1.165) is 72.3 Å². The Balaban J connectivity index is 1.02. The van der Waals surface area contributed by atoms with Gasteiger partial charge in [0.05, 0.1) is 16.8 Å². The van der Waals surface area contributed by atoms with Gasteiger partial charge in [-0.1, -0.05) is 194 Å². The van der Waals surface area contributed by atoms with Gasteiger partial charge in [0.15, 0.2) is 5.82 Å². The number of hydrogen-bond acceptors (Lipinski definition) is 3. The second-order valence-electron chi connectivity index (χ2n) is 16.1. The van der Waals surface area contributed by atoms with Crippen molar-refractivity contribution in [3.8, 4) is 67.3 Å². The lowest BCUT2D eigenvalue weighted by Gasteiger charge is -2.34. The molecule has 3 heteroatoms. The molecule has 0 amide bonds. The van der Waals surface area contributed by atoms with Crippen LogP contribution in [0, 0.1) is 0 Å². The Morgan fingerprint density at radius 3 is 1.66 bits per heavy atom. The Bertz CT molecular complexity index is 3420. The molecule has 0 fully saturated rings. The van der Waals surface area contributed by atoms with Crippen LogP contribution in [0.15, 0.2) is 235 Å². The van der Waals surface area contributed by atoms with Crippen molar-refractivity contribution in [3.05, 3.63) is 253 Å². The van der Waals surface area contributed by atoms with Crippen LogP contribution < -0.4 is 0 Å². The van der Waals surface area contributed by atoms with Crippen molar-refractivity contribution in [2.24, 2.45) is 0 Å². The summed E-state index contributed by atoms with van der Waals surface area (Å²) in [7, 11) is 0. The highest BCUT2D eigenvalue weighted by molar-refractivity contribution is 6.06. The molecule has 1 aliphatic carbocycles. The van der Waals surface area contributed by atoms with E-state index < -0.39 is 5.41 Å². The van der Waals surface area contributed by atoms with Crippen molar-refractivity contribution in [3.63, 3.8) is 0 Å². The molecular weight excluding hydrogens is 753 g/mol. The number of aromatic nitrogens is 2. The Hall–Kier alpha value is -8.14. The zero-order chi connectivity index (χ0) is 41.0. The maximum Gasteiger partial charge on any atom is 0.160 e. The topological polar surface area (TPSA) is 38.9 Å². The summed E-state index contributed by atoms with van der Waals surface area (Å²) in [5, 5.41) is 2.24. The molecule has 0 saturated heterocycles. The first-order valence-corrected chi connectivity index (χ1v) is 21.1. The van der Waals surface area contributed by atoms with Gasteiger partial charge in [-0.2, -0.15) is 0 Å². The standard InChI is InChI=1S/C59H38N2O/c1-4-17-39(18-5-1)58-60-54(43-20-16-19-40(35-43)41-31-34-51-50-28-13-15-30-56(50)62-57(51)37-41)38-55(61-58)49-27-11-10-25-46(49)42-32-33-48-47-26-12-14-29-52(47)59(53(48)36-42,44-21-6-2-7-22-44)45-23-8-3-9-24-45/h1-38H. The molecule has 62 heavy (non-hydrogen) atoms. The van der Waals surface area contributed by atoms with Crippen LogP contribution in [-0.2, 0) is 5.41 Å². The Morgan fingerprint density at radius 1 is 0.306 bits per heavy atom. The van der Waals surface area contributed by atoms with E-state index >= 15 is 0 Å². The van der Waals surface area contributed by atoms with Gasteiger partial charge in [0, 0.05) is 27.5 Å². The molecule has 2 heterocycles. The SMILES string of the molecule is c1ccc(-c2nc(-c3cccc(-c4ccc5c(c4)oc4ccccc45)c3)cc(-c3ccccc3-c3ccc4c(c3)C(c3ccccc3)(c3ccccc3)c3ccccc3-4)n2)cc1. The molecule has 290 valence electrons. The van der Waals surface area contributed by atoms with E-state index in [1.165, 1.54) is 33.4 Å². The third-order valence-electron chi connectivity index (χ3n) is 12.6. The average molecular weight is 791 g/mol. The van der Waals surface area contributed by atoms with Crippen molar-refractivity contribution in [2.45, 2.75) is 5.41 Å². The third kappa shape index (κ3) is 5.74. The van der Waals surface area contributed by atoms with E-state index in [9.17, 15) is 0 Å². The van der Waals surface area contributed by atoms with Gasteiger partial charge in [0.1, 0.15) is 11.2 Å². The first-order chi connectivity index (χ1) is 30.7. The van der Waals surface area contributed by atoms with E-state index in [4.69, 9.17) is 14.4 Å². The van der Waals surface area contributed by atoms with E-state index in [2.05, 4.69) is 200 Å². The maximum atomic E-state index is 6.28. The number of fused-ring (bicyclic) bond motifs is 6. The second kappa shape index (κ2) is 14.5. The van der Waals surface area contributed by atoms with Crippen molar-refractivity contribution < 1.29 is 4.42 Å². The van der Waals surface area contributed by atoms with Gasteiger partial charge in [-0.05, 0) is 92.0 Å². The van der Waals surface area contributed by atoms with E-state index in [-0.39, 0.29) is 0 Å². The van der Waals surface area contributed by atoms with Crippen LogP contribution in [0.1, 0.15) is 22.3 Å². The van der Waals surface area contributed by atoms with Gasteiger partial charge >= 0.3 is 0 Å². The van der Waals surface area contributed by atoms with E-state index in [0.29, 0.717) is 5.82 Å². The highest BCUT2D eigenvalue weighted by Crippen LogP contribution is 2.57. The van der Waals surface area contributed by atoms with Crippen molar-refractivity contribution in [2.75, 3.05) is 0 Å². The first kappa shape index (κ1) is 35.8. The molecular formula is C59H38N2O. The van der Waals surface area contributed by atoms with E-state index in [1.807, 2.05) is 30.3 Å². The molecule has 0 atom stereocenters. The van der Waals surface area contributed by atoms with Gasteiger partial charge in [-0.25, -0.2) is 9.97 Å². The molecule has 0 saturated carbocycles. The van der Waals surface area contributed by atoms with Crippen molar-refractivity contribution in [1.29, 1.82) is 0 Å². The number of benzene rings is 9. The predicted octanol–water partition coefficient (Wildman–Crippen LogP) is 15.1. The van der Waals surface area contributed by atoms with Crippen LogP contribution in [-0.4, -0.2) is 9.97 Å². The van der Waals surface area contributed by atoms with Crippen LogP contribution in [0.25, 0.3) is 89.2 Å². The van der Waals surface area contributed by atoms with Gasteiger partial charge in [0.2, 0.25) is 0 Å². The number of rotatable bonds is 7. The van der Waals surface area contributed by atoms with Crippen molar-refractivity contribution in [1.82, 2.24) is 9.97 Å². The summed E-state index contributed by atoms with van der Waals surface area (Å²) in [6.45, 7) is 0. The minimum Gasteiger partial charge on any atom is -0.456 e. The molecule has 12 rings (SSSR count). The average Bonchev–Trinajstić information content (AvgIpc) is 3.88. The molecule has 0 N–H and O–H groups in total. The smallest absolute Gasteiger partial charge is 0.160 e. The number of nitrogens with zero attached hydrogens (tertiary/aromatic N) is 2. The molecule has 11 aromatic rings. The molecule has 0 bridgehead atoms. The fourth-order valence-corrected chi connectivity index (χ4v) is 9.78. The molecule has 0 unspecified atom stereocenters. The van der Waals surface area contributed by atoms with E-state index in [1.54, 1.807) is 0 Å². The lowest BCUT2D eigenvalue weighted by molar-refractivity contribution is 0.669. The highest BCUT2D eigenvalue weighted by atomic mass is 16.3. The lowest BCUT2D eigenvalue weighted by atomic mass is 9.67. The van der Waals surface area contributed by atoms with Gasteiger partial charge in [-0.3, -0.25) is 0 Å². The predicted molar refractivity (Wildman–Crippen MR) is 254 cm³/mol. The summed E-state index contributed by atoms with van der Waals surface area (Å²) >= 11 is 0. The van der Waals surface area contributed by atoms with Crippen LogP contribution in [0.3, 0.4) is 0 Å². The van der Waals surface area contributed by atoms with Gasteiger partial charge < -0.3 is 4.42 Å². The Labute approximate surface area is 360 Å². The summed E-state index contributed by atoms with van der Waals surface area (Å²) in [6, 6.07) is 82.3. The first-order valence-electron chi connectivity index (χ1n) is 21.1. The minimum atomic E-state index is -0.498. The molecule has 0 aliphatic heterocycles. The normalized spacial score (nSPS) is 12.6. The lowest BCUT2D eigenvalue weighted by Crippen LogP contribution is -2.28. The molecule has 9 aromatic carbocycles. The van der Waals surface area contributed by atoms with Gasteiger partial charge in [0.25, 0.3) is 0 Å². The summed E-state index contributed by atoms with van der Waals surface area (Å²) < 4.78 is 6.28. The molecule has 0 radical (unpaired) electrons. The molecule has 0 spiro atoms. The Morgan fingerprint density at radius 2 is 0.871 bits per heavy atom. The van der Waals surface area contributed by atoms with Crippen LogP contribution in [0.4, 0.5) is 0 Å². The zero-order valence-corrected chi connectivity index (χ0v) is 33.7. The molecule has 1 aliphatic rings. The molecule has 2 aromatic heterocycles. The number of furan rings is 1. The van der Waals surface area contributed by atoms with Crippen LogP contribution in [0.5, 0.6) is 0 Å². The fraction of sp³-hybridized carbons (Fsp3) is 0.0169.